The summed E-state index contributed by atoms with van der Waals surface area (Å²) in [6, 6.07) is 3.04. The molecule has 4 rings (SSSR count). The van der Waals surface area contributed by atoms with Crippen molar-refractivity contribution >= 4 is 40.9 Å². The molecule has 3 aliphatic rings. The summed E-state index contributed by atoms with van der Waals surface area (Å²) in [5, 5.41) is 36.3. The quantitative estimate of drug-likeness (QED) is 0.263. The number of fused-ring (bicyclic) bond motifs is 3. The van der Waals surface area contributed by atoms with Gasteiger partial charge in [-0.15, -0.1) is 4.91 Å². The lowest BCUT2D eigenvalue weighted by molar-refractivity contribution is -0.157. The SMILES string of the molecule is CCCC/C(Cl)=C/c1ccc(O)c2c1C[C@H]1C[C@H]3CC(N=O)=C(C(N)=O)C(=O)[C@@]3(O)C(=O)C1=C2O. The molecule has 1 aromatic rings. The highest BCUT2D eigenvalue weighted by Gasteiger charge is 2.61. The monoisotopic (exact) mass is 500 g/mol. The Bertz CT molecular complexity index is 1260. The van der Waals surface area contributed by atoms with E-state index in [4.69, 9.17) is 17.3 Å². The largest absolute Gasteiger partial charge is 0.507 e. The van der Waals surface area contributed by atoms with E-state index >= 15 is 0 Å². The van der Waals surface area contributed by atoms with Crippen molar-refractivity contribution in [3.8, 4) is 5.75 Å². The number of aliphatic hydroxyl groups excluding tert-OH is 1. The standard InChI is InChI=1S/C25H25ClN2O7/c1-2-3-4-14(26)8-11-5-6-17(29)19-15(11)9-12-7-13-10-16(28-35)20(24(27)33)23(32)25(13,34)22(31)18(12)21(19)30/h5-6,8,12-13,29-30,34H,2-4,7,9-10H2,1H3,(H2,27,33)/b14-8-/t12-,13+,25+/m1/s1. The fourth-order valence-corrected chi connectivity index (χ4v) is 5.70. The first-order valence-electron chi connectivity index (χ1n) is 11.4. The van der Waals surface area contributed by atoms with Crippen LogP contribution in [-0.2, 0) is 20.8 Å². The lowest BCUT2D eigenvalue weighted by Crippen LogP contribution is -2.61. The number of halogens is 1. The minimum Gasteiger partial charge on any atom is -0.507 e. The molecule has 1 amide bonds. The fraction of sp³-hybridized carbons (Fsp3) is 0.400. The number of ketones is 2. The number of amides is 1. The van der Waals surface area contributed by atoms with Crippen molar-refractivity contribution in [1.82, 2.24) is 0 Å². The number of primary amides is 1. The summed E-state index contributed by atoms with van der Waals surface area (Å²) in [4.78, 5) is 49.7. The number of phenolic OH excluding ortho intramolecular Hbond substituents is 1. The zero-order valence-electron chi connectivity index (χ0n) is 19.0. The smallest absolute Gasteiger partial charge is 0.254 e. The number of carbonyl (C=O) groups excluding carboxylic acids is 3. The van der Waals surface area contributed by atoms with Gasteiger partial charge in [-0.05, 0) is 60.0 Å². The first kappa shape index (κ1) is 24.8. The minimum absolute atomic E-state index is 0.0320. The van der Waals surface area contributed by atoms with Crippen LogP contribution in [-0.4, -0.2) is 38.4 Å². The van der Waals surface area contributed by atoms with Crippen molar-refractivity contribution in [2.24, 2.45) is 22.7 Å². The highest BCUT2D eigenvalue weighted by atomic mass is 35.5. The molecular formula is C25H25ClN2O7. The van der Waals surface area contributed by atoms with E-state index in [1.165, 1.54) is 6.07 Å². The lowest BCUT2D eigenvalue weighted by atomic mass is 9.58. The number of unbranched alkanes of at least 4 members (excludes halogenated alkanes) is 1. The topological polar surface area (TPSA) is 167 Å². The summed E-state index contributed by atoms with van der Waals surface area (Å²) >= 11 is 6.39. The van der Waals surface area contributed by atoms with Crippen LogP contribution in [0.3, 0.4) is 0 Å². The van der Waals surface area contributed by atoms with Gasteiger partial charge in [-0.25, -0.2) is 0 Å². The number of hydrogen-bond acceptors (Lipinski definition) is 8. The summed E-state index contributed by atoms with van der Waals surface area (Å²) < 4.78 is 0. The van der Waals surface area contributed by atoms with Gasteiger partial charge < -0.3 is 21.1 Å². The molecule has 0 aromatic heterocycles. The molecule has 0 bridgehead atoms. The Morgan fingerprint density at radius 3 is 2.60 bits per heavy atom. The van der Waals surface area contributed by atoms with E-state index < -0.39 is 51.9 Å². The Morgan fingerprint density at radius 1 is 1.26 bits per heavy atom. The van der Waals surface area contributed by atoms with Crippen molar-refractivity contribution in [2.45, 2.75) is 51.0 Å². The number of phenols is 1. The maximum absolute atomic E-state index is 13.5. The second-order valence-corrected chi connectivity index (χ2v) is 9.71. The Balaban J connectivity index is 1.85. The Kier molecular flexibility index (Phi) is 6.42. The van der Waals surface area contributed by atoms with Gasteiger partial charge in [-0.3, -0.25) is 14.4 Å². The molecule has 184 valence electrons. The average molecular weight is 501 g/mol. The van der Waals surface area contributed by atoms with Crippen molar-refractivity contribution in [2.75, 3.05) is 0 Å². The molecule has 10 heteroatoms. The Labute approximate surface area is 205 Å². The number of allylic oxidation sites excluding steroid dienone is 2. The molecule has 3 aliphatic carbocycles. The van der Waals surface area contributed by atoms with Crippen molar-refractivity contribution < 1.29 is 29.7 Å². The van der Waals surface area contributed by atoms with Crippen molar-refractivity contribution in [3.63, 3.8) is 0 Å². The van der Waals surface area contributed by atoms with Crippen LogP contribution in [0.5, 0.6) is 5.75 Å². The number of Topliss-reactive ketones (excluding diaryl/α,β-unsaturated/α-hetero) is 2. The number of benzene rings is 1. The molecular weight excluding hydrogens is 476 g/mol. The normalized spacial score (nSPS) is 26.3. The van der Waals surface area contributed by atoms with Gasteiger partial charge in [0.2, 0.25) is 11.6 Å². The van der Waals surface area contributed by atoms with Crippen molar-refractivity contribution in [3.05, 3.63) is 55.6 Å². The van der Waals surface area contributed by atoms with E-state index in [1.807, 2.05) is 6.92 Å². The van der Waals surface area contributed by atoms with Crippen LogP contribution in [0, 0.1) is 16.7 Å². The van der Waals surface area contributed by atoms with E-state index in [0.717, 1.165) is 12.8 Å². The van der Waals surface area contributed by atoms with Gasteiger partial charge in [-0.1, -0.05) is 31.0 Å². The van der Waals surface area contributed by atoms with Crippen LogP contribution in [0.4, 0.5) is 0 Å². The number of hydrogen-bond donors (Lipinski definition) is 4. The average Bonchev–Trinajstić information content (AvgIpc) is 2.80. The number of nitrogens with zero attached hydrogens (tertiary/aromatic N) is 1. The van der Waals surface area contributed by atoms with Gasteiger partial charge in [-0.2, -0.15) is 0 Å². The molecule has 3 atom stereocenters. The number of carbonyl (C=O) groups is 3. The molecule has 0 radical (unpaired) electrons. The van der Waals surface area contributed by atoms with Crippen molar-refractivity contribution in [1.29, 1.82) is 0 Å². The lowest BCUT2D eigenvalue weighted by Gasteiger charge is -2.45. The van der Waals surface area contributed by atoms with Gasteiger partial charge in [0.25, 0.3) is 5.91 Å². The first-order valence-corrected chi connectivity index (χ1v) is 11.8. The Morgan fingerprint density at radius 2 is 1.97 bits per heavy atom. The number of nitroso groups, excluding NO2 is 1. The summed E-state index contributed by atoms with van der Waals surface area (Å²) in [5.41, 5.74) is 2.42. The van der Waals surface area contributed by atoms with Crippen LogP contribution in [0.25, 0.3) is 11.8 Å². The molecule has 1 aromatic carbocycles. The molecule has 5 N–H and O–H groups in total. The second-order valence-electron chi connectivity index (χ2n) is 9.22. The molecule has 0 spiro atoms. The zero-order valence-corrected chi connectivity index (χ0v) is 19.8. The number of nitrogens with two attached hydrogens (primary N) is 1. The minimum atomic E-state index is -2.67. The van der Waals surface area contributed by atoms with Gasteiger partial charge in [0.05, 0.1) is 5.56 Å². The van der Waals surface area contributed by atoms with Crippen LogP contribution in [0.2, 0.25) is 0 Å². The summed E-state index contributed by atoms with van der Waals surface area (Å²) in [6.07, 6.45) is 4.26. The van der Waals surface area contributed by atoms with Gasteiger partial charge in [0, 0.05) is 22.9 Å². The van der Waals surface area contributed by atoms with E-state index in [1.54, 1.807) is 12.1 Å². The predicted molar refractivity (Wildman–Crippen MR) is 128 cm³/mol. The maximum Gasteiger partial charge on any atom is 0.254 e. The summed E-state index contributed by atoms with van der Waals surface area (Å²) in [7, 11) is 0. The third-order valence-corrected chi connectivity index (χ3v) is 7.47. The van der Waals surface area contributed by atoms with E-state index in [2.05, 4.69) is 5.18 Å². The molecule has 9 nitrogen and oxygen atoms in total. The van der Waals surface area contributed by atoms with Gasteiger partial charge in [0.1, 0.15) is 22.8 Å². The number of aromatic hydroxyl groups is 1. The van der Waals surface area contributed by atoms with Crippen LogP contribution >= 0.6 is 11.6 Å². The number of aliphatic hydroxyl groups is 2. The maximum atomic E-state index is 13.5. The van der Waals surface area contributed by atoms with Crippen LogP contribution < -0.4 is 5.73 Å². The second kappa shape index (κ2) is 9.05. The molecule has 1 fully saturated rings. The number of rotatable bonds is 6. The predicted octanol–water partition coefficient (Wildman–Crippen LogP) is 3.40. The van der Waals surface area contributed by atoms with E-state index in [9.17, 15) is 34.6 Å². The highest BCUT2D eigenvalue weighted by Crippen LogP contribution is 2.52. The summed E-state index contributed by atoms with van der Waals surface area (Å²) in [5.74, 6) is -6.10. The molecule has 0 aliphatic heterocycles. The van der Waals surface area contributed by atoms with Gasteiger partial charge >= 0.3 is 0 Å². The van der Waals surface area contributed by atoms with Crippen LogP contribution in [0.15, 0.2) is 39.2 Å². The Hall–Kier alpha value is -3.30. The fourth-order valence-electron chi connectivity index (χ4n) is 5.45. The van der Waals surface area contributed by atoms with Gasteiger partial charge in [0.15, 0.2) is 5.60 Å². The molecule has 0 heterocycles. The zero-order chi connectivity index (χ0) is 25.7. The molecule has 1 saturated carbocycles. The van der Waals surface area contributed by atoms with E-state index in [-0.39, 0.29) is 36.1 Å². The third kappa shape index (κ3) is 3.79. The van der Waals surface area contributed by atoms with Crippen LogP contribution in [0.1, 0.15) is 55.7 Å². The third-order valence-electron chi connectivity index (χ3n) is 7.17. The molecule has 0 unspecified atom stereocenters. The summed E-state index contributed by atoms with van der Waals surface area (Å²) in [6.45, 7) is 2.04. The van der Waals surface area contributed by atoms with E-state index in [0.29, 0.717) is 22.6 Å². The highest BCUT2D eigenvalue weighted by molar-refractivity contribution is 6.33. The molecule has 0 saturated heterocycles. The molecule has 35 heavy (non-hydrogen) atoms. The first-order chi connectivity index (χ1) is 16.6.